The summed E-state index contributed by atoms with van der Waals surface area (Å²) in [5.41, 5.74) is 0.785. The molecule has 0 saturated carbocycles. The minimum Gasteiger partial charge on any atom is -0.388 e. The van der Waals surface area contributed by atoms with E-state index < -0.39 is 6.10 Å². The van der Waals surface area contributed by atoms with Crippen molar-refractivity contribution in [3.8, 4) is 0 Å². The van der Waals surface area contributed by atoms with E-state index in [2.05, 4.69) is 5.32 Å². The SMILES string of the molecule is O=C(CCC(O)c1cccs1)Nc1ccccc1. The summed E-state index contributed by atoms with van der Waals surface area (Å²) in [4.78, 5) is 12.6. The van der Waals surface area contributed by atoms with Gasteiger partial charge in [0.1, 0.15) is 0 Å². The fourth-order valence-corrected chi connectivity index (χ4v) is 2.38. The zero-order valence-corrected chi connectivity index (χ0v) is 10.7. The van der Waals surface area contributed by atoms with Gasteiger partial charge in [-0.15, -0.1) is 11.3 Å². The highest BCUT2D eigenvalue weighted by Gasteiger charge is 2.11. The van der Waals surface area contributed by atoms with Crippen LogP contribution in [0.15, 0.2) is 47.8 Å². The first-order valence-corrected chi connectivity index (χ1v) is 6.70. The molecule has 18 heavy (non-hydrogen) atoms. The van der Waals surface area contributed by atoms with Crippen LogP contribution in [0.1, 0.15) is 23.8 Å². The molecule has 0 aliphatic rings. The molecule has 0 fully saturated rings. The molecule has 1 heterocycles. The fraction of sp³-hybridized carbons (Fsp3) is 0.214. The van der Waals surface area contributed by atoms with Gasteiger partial charge in [-0.05, 0) is 30.0 Å². The maximum Gasteiger partial charge on any atom is 0.224 e. The number of hydrogen-bond acceptors (Lipinski definition) is 3. The highest BCUT2D eigenvalue weighted by Crippen LogP contribution is 2.22. The molecule has 0 saturated heterocycles. The van der Waals surface area contributed by atoms with Gasteiger partial charge < -0.3 is 10.4 Å². The molecule has 2 rings (SSSR count). The molecule has 4 heteroatoms. The van der Waals surface area contributed by atoms with E-state index in [9.17, 15) is 9.90 Å². The Morgan fingerprint density at radius 1 is 1.22 bits per heavy atom. The maximum absolute atomic E-state index is 11.7. The van der Waals surface area contributed by atoms with Gasteiger partial charge in [-0.2, -0.15) is 0 Å². The predicted molar refractivity (Wildman–Crippen MR) is 73.6 cm³/mol. The summed E-state index contributed by atoms with van der Waals surface area (Å²) in [5, 5.41) is 14.6. The highest BCUT2D eigenvalue weighted by molar-refractivity contribution is 7.10. The number of rotatable bonds is 5. The third kappa shape index (κ3) is 3.68. The number of carbonyl (C=O) groups excluding carboxylic acids is 1. The van der Waals surface area contributed by atoms with Gasteiger partial charge in [0.2, 0.25) is 5.91 Å². The number of carbonyl (C=O) groups is 1. The van der Waals surface area contributed by atoms with Crippen LogP contribution in [0.2, 0.25) is 0 Å². The molecular weight excluding hydrogens is 246 g/mol. The van der Waals surface area contributed by atoms with Crippen LogP contribution in [0, 0.1) is 0 Å². The van der Waals surface area contributed by atoms with E-state index in [1.54, 1.807) is 0 Å². The van der Waals surface area contributed by atoms with Crippen LogP contribution in [0.3, 0.4) is 0 Å². The first-order chi connectivity index (χ1) is 8.75. The lowest BCUT2D eigenvalue weighted by Crippen LogP contribution is -2.12. The smallest absolute Gasteiger partial charge is 0.224 e. The zero-order chi connectivity index (χ0) is 12.8. The fourth-order valence-electron chi connectivity index (χ4n) is 1.64. The molecule has 3 nitrogen and oxygen atoms in total. The number of benzene rings is 1. The molecule has 1 aromatic heterocycles. The van der Waals surface area contributed by atoms with Gasteiger partial charge in [0.05, 0.1) is 6.10 Å². The van der Waals surface area contributed by atoms with Crippen molar-refractivity contribution in [2.45, 2.75) is 18.9 Å². The Morgan fingerprint density at radius 3 is 2.67 bits per heavy atom. The molecule has 2 N–H and O–H groups in total. The van der Waals surface area contributed by atoms with Gasteiger partial charge in [0.15, 0.2) is 0 Å². The quantitative estimate of drug-likeness (QED) is 0.868. The maximum atomic E-state index is 11.7. The van der Waals surface area contributed by atoms with Crippen LogP contribution in [0.5, 0.6) is 0 Å². The largest absolute Gasteiger partial charge is 0.388 e. The van der Waals surface area contributed by atoms with Gasteiger partial charge in [-0.1, -0.05) is 24.3 Å². The van der Waals surface area contributed by atoms with Crippen LogP contribution in [-0.2, 0) is 4.79 Å². The molecule has 1 aromatic carbocycles. The van der Waals surface area contributed by atoms with Crippen LogP contribution < -0.4 is 5.32 Å². The number of nitrogens with one attached hydrogen (secondary N) is 1. The van der Waals surface area contributed by atoms with Crippen LogP contribution in [0.25, 0.3) is 0 Å². The van der Waals surface area contributed by atoms with Crippen LogP contribution in [-0.4, -0.2) is 11.0 Å². The molecule has 0 radical (unpaired) electrons. The molecule has 0 aliphatic carbocycles. The number of thiophene rings is 1. The van der Waals surface area contributed by atoms with E-state index in [-0.39, 0.29) is 5.91 Å². The number of anilines is 1. The summed E-state index contributed by atoms with van der Waals surface area (Å²) in [6, 6.07) is 13.1. The second kappa shape index (κ2) is 6.33. The summed E-state index contributed by atoms with van der Waals surface area (Å²) in [6.07, 6.45) is 0.208. The average molecular weight is 261 g/mol. The Morgan fingerprint density at radius 2 is 2.00 bits per heavy atom. The van der Waals surface area contributed by atoms with Crippen molar-refractivity contribution in [1.82, 2.24) is 0 Å². The third-order valence-corrected chi connectivity index (χ3v) is 3.55. The Hall–Kier alpha value is -1.65. The van der Waals surface area contributed by atoms with Crippen molar-refractivity contribution < 1.29 is 9.90 Å². The molecular formula is C14H15NO2S. The van der Waals surface area contributed by atoms with Crippen molar-refractivity contribution in [2.24, 2.45) is 0 Å². The topological polar surface area (TPSA) is 49.3 Å². The Bertz CT molecular complexity index is 482. The van der Waals surface area contributed by atoms with Crippen molar-refractivity contribution in [3.05, 3.63) is 52.7 Å². The zero-order valence-electron chi connectivity index (χ0n) is 9.87. The Balaban J connectivity index is 1.79. The number of aliphatic hydroxyl groups is 1. The molecule has 94 valence electrons. The summed E-state index contributed by atoms with van der Waals surface area (Å²) in [7, 11) is 0. The first-order valence-electron chi connectivity index (χ1n) is 5.82. The van der Waals surface area contributed by atoms with E-state index in [1.165, 1.54) is 11.3 Å². The second-order valence-corrected chi connectivity index (χ2v) is 4.96. The van der Waals surface area contributed by atoms with E-state index in [0.29, 0.717) is 12.8 Å². The molecule has 1 amide bonds. The second-order valence-electron chi connectivity index (χ2n) is 3.98. The van der Waals surface area contributed by atoms with Gasteiger partial charge in [0, 0.05) is 17.0 Å². The lowest BCUT2D eigenvalue weighted by atomic mass is 10.1. The van der Waals surface area contributed by atoms with Crippen molar-refractivity contribution >= 4 is 22.9 Å². The summed E-state index contributed by atoms with van der Waals surface area (Å²) in [5.74, 6) is -0.0724. The molecule has 0 aliphatic heterocycles. The van der Waals surface area contributed by atoms with Gasteiger partial charge in [0.25, 0.3) is 0 Å². The Labute approximate surface area is 110 Å². The van der Waals surface area contributed by atoms with Crippen LogP contribution >= 0.6 is 11.3 Å². The van der Waals surface area contributed by atoms with Gasteiger partial charge in [-0.3, -0.25) is 4.79 Å². The van der Waals surface area contributed by atoms with Crippen LogP contribution in [0.4, 0.5) is 5.69 Å². The minimum atomic E-state index is -0.550. The van der Waals surface area contributed by atoms with E-state index in [4.69, 9.17) is 0 Å². The van der Waals surface area contributed by atoms with E-state index >= 15 is 0 Å². The van der Waals surface area contributed by atoms with Crippen molar-refractivity contribution in [2.75, 3.05) is 5.32 Å². The standard InChI is InChI=1S/C14H15NO2S/c16-12(13-7-4-10-18-13)8-9-14(17)15-11-5-2-1-3-6-11/h1-7,10,12,16H,8-9H2,(H,15,17). The predicted octanol–water partition coefficient (Wildman–Crippen LogP) is 3.20. The molecule has 1 atom stereocenters. The summed E-state index contributed by atoms with van der Waals surface area (Å²) < 4.78 is 0. The van der Waals surface area contributed by atoms with Gasteiger partial charge >= 0.3 is 0 Å². The number of amides is 1. The molecule has 2 aromatic rings. The number of hydrogen-bond donors (Lipinski definition) is 2. The minimum absolute atomic E-state index is 0.0724. The molecule has 0 bridgehead atoms. The number of para-hydroxylation sites is 1. The average Bonchev–Trinajstić information content (AvgIpc) is 2.91. The monoisotopic (exact) mass is 261 g/mol. The molecule has 1 unspecified atom stereocenters. The Kier molecular flexibility index (Phi) is 4.50. The first kappa shape index (κ1) is 12.8. The number of aliphatic hydroxyl groups excluding tert-OH is 1. The molecule has 0 spiro atoms. The lowest BCUT2D eigenvalue weighted by molar-refractivity contribution is -0.116. The van der Waals surface area contributed by atoms with Gasteiger partial charge in [-0.25, -0.2) is 0 Å². The summed E-state index contributed by atoms with van der Waals surface area (Å²) in [6.45, 7) is 0. The van der Waals surface area contributed by atoms with Crippen molar-refractivity contribution in [3.63, 3.8) is 0 Å². The van der Waals surface area contributed by atoms with E-state index in [1.807, 2.05) is 47.8 Å². The third-order valence-electron chi connectivity index (χ3n) is 2.57. The normalized spacial score (nSPS) is 12.1. The highest BCUT2D eigenvalue weighted by atomic mass is 32.1. The van der Waals surface area contributed by atoms with Crippen molar-refractivity contribution in [1.29, 1.82) is 0 Å². The summed E-state index contributed by atoms with van der Waals surface area (Å²) >= 11 is 1.50. The lowest BCUT2D eigenvalue weighted by Gasteiger charge is -2.08. The van der Waals surface area contributed by atoms with E-state index in [0.717, 1.165) is 10.6 Å².